The van der Waals surface area contributed by atoms with E-state index in [0.29, 0.717) is 43.9 Å². The first-order valence-electron chi connectivity index (χ1n) is 17.1. The van der Waals surface area contributed by atoms with Gasteiger partial charge < -0.3 is 44.5 Å². The Labute approximate surface area is 293 Å². The molecule has 4 N–H and O–H groups in total. The first-order chi connectivity index (χ1) is 23.9. The Balaban J connectivity index is 1.32. The van der Waals surface area contributed by atoms with Gasteiger partial charge in [0, 0.05) is 25.7 Å². The predicted octanol–water partition coefficient (Wildman–Crippen LogP) is 2.56. The molecule has 0 aromatic heterocycles. The van der Waals surface area contributed by atoms with Gasteiger partial charge in [-0.25, -0.2) is 13.2 Å². The summed E-state index contributed by atoms with van der Waals surface area (Å²) >= 11 is 0. The first kappa shape index (κ1) is 37.8. The fourth-order valence-corrected chi connectivity index (χ4v) is 8.20. The average molecular weight is 720 g/mol. The smallest absolute Gasteiger partial charge is 0.407 e. The first-order valence-corrected chi connectivity index (χ1v) is 18.6. The molecule has 2 aromatic carbocycles. The monoisotopic (exact) mass is 719 g/mol. The molecule has 2 amide bonds. The maximum atomic E-state index is 14.3. The largest absolute Gasteiger partial charge is 0.454 e. The third kappa shape index (κ3) is 10.1. The number of amides is 2. The minimum atomic E-state index is -4.17. The van der Waals surface area contributed by atoms with E-state index in [4.69, 9.17) is 28.8 Å². The van der Waals surface area contributed by atoms with Gasteiger partial charge in [-0.3, -0.25) is 4.79 Å². The van der Waals surface area contributed by atoms with Crippen molar-refractivity contribution in [2.24, 2.45) is 11.3 Å². The van der Waals surface area contributed by atoms with Crippen molar-refractivity contribution in [3.05, 3.63) is 54.1 Å². The van der Waals surface area contributed by atoms with Crippen LogP contribution in [0.15, 0.2) is 53.4 Å². The molecule has 0 saturated carbocycles. The maximum Gasteiger partial charge on any atom is 0.407 e. The average Bonchev–Trinajstić information content (AvgIpc) is 3.85. The summed E-state index contributed by atoms with van der Waals surface area (Å²) in [7, 11) is -4.17. The summed E-state index contributed by atoms with van der Waals surface area (Å²) in [6, 6.07) is 12.8. The number of carbonyl (C=O) groups is 2. The number of alkyl carbamates (subject to hydrolysis) is 1. The molecule has 0 bridgehead atoms. The lowest BCUT2D eigenvalue weighted by atomic mass is 9.86. The molecule has 1 unspecified atom stereocenters. The number of carbonyl (C=O) groups excluding carboxylic acids is 2. The zero-order valence-corrected chi connectivity index (χ0v) is 29.4. The van der Waals surface area contributed by atoms with Crippen LogP contribution in [0.2, 0.25) is 0 Å². The minimum absolute atomic E-state index is 0.00840. The van der Waals surface area contributed by atoms with E-state index in [1.54, 1.807) is 6.07 Å². The van der Waals surface area contributed by atoms with Crippen LogP contribution in [0, 0.1) is 11.3 Å². The molecule has 50 heavy (non-hydrogen) atoms. The van der Waals surface area contributed by atoms with Crippen molar-refractivity contribution in [1.82, 2.24) is 14.9 Å². The Bertz CT molecular complexity index is 1540. The molecule has 3 aliphatic heterocycles. The van der Waals surface area contributed by atoms with Gasteiger partial charge in [0.15, 0.2) is 17.8 Å². The highest BCUT2D eigenvalue weighted by Gasteiger charge is 2.44. The minimum Gasteiger partial charge on any atom is -0.454 e. The second kappa shape index (κ2) is 17.2. The maximum absolute atomic E-state index is 14.3. The SMILES string of the molecule is CC(C)(CCCCCNC(=O)CO)CN(C[C@@H](O)[C@H](Cc1ccccc1)NC(=O)OC1CO[C@H]2OCC[C@@H]12)S(=O)(=O)c1ccc2c(c1)OCO2. The molecule has 3 aliphatic rings. The third-order valence-corrected chi connectivity index (χ3v) is 11.1. The second-order valence-corrected chi connectivity index (χ2v) is 15.7. The van der Waals surface area contributed by atoms with Crippen LogP contribution in [0.25, 0.3) is 0 Å². The van der Waals surface area contributed by atoms with Gasteiger partial charge in [0.05, 0.1) is 36.2 Å². The van der Waals surface area contributed by atoms with E-state index in [1.165, 1.54) is 16.4 Å². The second-order valence-electron chi connectivity index (χ2n) is 13.8. The van der Waals surface area contributed by atoms with Gasteiger partial charge in [-0.05, 0) is 48.8 Å². The molecule has 3 heterocycles. The van der Waals surface area contributed by atoms with Crippen LogP contribution in [0.1, 0.15) is 51.5 Å². The Kier molecular flexibility index (Phi) is 13.0. The number of hydrogen-bond acceptors (Lipinski definition) is 11. The van der Waals surface area contributed by atoms with Crippen LogP contribution < -0.4 is 20.1 Å². The number of nitrogens with one attached hydrogen (secondary N) is 2. The third-order valence-electron chi connectivity index (χ3n) is 9.28. The molecule has 5 rings (SSSR count). The van der Waals surface area contributed by atoms with Crippen molar-refractivity contribution in [1.29, 1.82) is 0 Å². The van der Waals surface area contributed by atoms with Crippen LogP contribution in [-0.4, -0.2) is 106 Å². The molecule has 2 saturated heterocycles. The normalized spacial score (nSPS) is 21.1. The Morgan fingerprint density at radius 1 is 1.06 bits per heavy atom. The summed E-state index contributed by atoms with van der Waals surface area (Å²) in [4.78, 5) is 24.6. The molecule has 5 atom stereocenters. The summed E-state index contributed by atoms with van der Waals surface area (Å²) in [6.07, 6.45) is 0.925. The van der Waals surface area contributed by atoms with E-state index >= 15 is 0 Å². The lowest BCUT2D eigenvalue weighted by molar-refractivity contribution is -0.123. The molecule has 15 heteroatoms. The van der Waals surface area contributed by atoms with Gasteiger partial charge in [-0.1, -0.05) is 57.0 Å². The van der Waals surface area contributed by atoms with Gasteiger partial charge >= 0.3 is 6.09 Å². The van der Waals surface area contributed by atoms with Gasteiger partial charge in [0.2, 0.25) is 22.7 Å². The fourth-order valence-electron chi connectivity index (χ4n) is 6.54. The van der Waals surface area contributed by atoms with E-state index in [9.17, 15) is 23.1 Å². The molecule has 0 aliphatic carbocycles. The predicted molar refractivity (Wildman–Crippen MR) is 181 cm³/mol. The van der Waals surface area contributed by atoms with Crippen molar-refractivity contribution in [2.75, 3.05) is 46.2 Å². The van der Waals surface area contributed by atoms with Crippen molar-refractivity contribution >= 4 is 22.0 Å². The molecule has 0 radical (unpaired) electrons. The van der Waals surface area contributed by atoms with Crippen LogP contribution in [-0.2, 0) is 35.4 Å². The fraction of sp³-hybridized carbons (Fsp3) is 0.600. The standard InChI is InChI=1S/C35H49N3O11S/c1-35(2,14-7-4-8-15-36-32(41)20-39)22-38(50(43,44)25-11-12-29-30(18-25)48-23-47-29)19-28(40)27(17-24-9-5-3-6-10-24)37-34(42)49-31-21-46-33-26(31)13-16-45-33/h3,5-6,9-12,18,26-28,31,33,39-40H,4,7-8,13-17,19-23H2,1-2H3,(H,36,41)(H,37,42)/t26-,27-,28+,31?,33+/m0/s1. The quantitative estimate of drug-likeness (QED) is 0.166. The highest BCUT2D eigenvalue weighted by Crippen LogP contribution is 2.36. The molecule has 2 aromatic rings. The van der Waals surface area contributed by atoms with E-state index in [1.807, 2.05) is 44.2 Å². The lowest BCUT2D eigenvalue weighted by Crippen LogP contribution is -2.52. The molecular weight excluding hydrogens is 670 g/mol. The van der Waals surface area contributed by atoms with E-state index < -0.39 is 58.6 Å². The number of unbranched alkanes of at least 4 members (excludes halogenated alkanes) is 2. The number of fused-ring (bicyclic) bond motifs is 2. The van der Waals surface area contributed by atoms with Crippen molar-refractivity contribution < 1.29 is 51.9 Å². The zero-order valence-electron chi connectivity index (χ0n) is 28.6. The summed E-state index contributed by atoms with van der Waals surface area (Å²) in [6.45, 7) is 4.32. The number of aliphatic hydroxyl groups excluding tert-OH is 2. The number of rotatable bonds is 18. The number of nitrogens with zero attached hydrogens (tertiary/aromatic N) is 1. The van der Waals surface area contributed by atoms with Crippen LogP contribution in [0.5, 0.6) is 11.5 Å². The Morgan fingerprint density at radius 3 is 2.62 bits per heavy atom. The van der Waals surface area contributed by atoms with Crippen LogP contribution in [0.3, 0.4) is 0 Å². The van der Waals surface area contributed by atoms with Crippen LogP contribution in [0.4, 0.5) is 4.79 Å². The van der Waals surface area contributed by atoms with Crippen LogP contribution >= 0.6 is 0 Å². The zero-order chi connectivity index (χ0) is 35.7. The van der Waals surface area contributed by atoms with Gasteiger partial charge in [-0.2, -0.15) is 4.31 Å². The summed E-state index contributed by atoms with van der Waals surface area (Å²) in [5.74, 6) is 0.268. The number of benzene rings is 2. The van der Waals surface area contributed by atoms with E-state index in [2.05, 4.69) is 10.6 Å². The number of sulfonamides is 1. The van der Waals surface area contributed by atoms with Crippen molar-refractivity contribution in [3.63, 3.8) is 0 Å². The molecule has 0 spiro atoms. The van der Waals surface area contributed by atoms with Gasteiger partial charge in [0.25, 0.3) is 0 Å². The highest BCUT2D eigenvalue weighted by molar-refractivity contribution is 7.89. The molecule has 2 fully saturated rings. The van der Waals surface area contributed by atoms with Crippen molar-refractivity contribution in [3.8, 4) is 11.5 Å². The Morgan fingerprint density at radius 2 is 1.84 bits per heavy atom. The van der Waals surface area contributed by atoms with E-state index in [0.717, 1.165) is 18.4 Å². The molecule has 276 valence electrons. The Hall–Kier alpha value is -3.47. The summed E-state index contributed by atoms with van der Waals surface area (Å²) in [5, 5.41) is 26.1. The van der Waals surface area contributed by atoms with E-state index in [-0.39, 0.29) is 43.7 Å². The van der Waals surface area contributed by atoms with Gasteiger partial charge in [0.1, 0.15) is 12.7 Å². The topological polar surface area (TPSA) is 182 Å². The van der Waals surface area contributed by atoms with Crippen molar-refractivity contribution in [2.45, 2.75) is 81.8 Å². The lowest BCUT2D eigenvalue weighted by Gasteiger charge is -2.35. The number of hydrogen-bond donors (Lipinski definition) is 4. The molecule has 14 nitrogen and oxygen atoms in total. The molecular formula is C35H49N3O11S. The van der Waals surface area contributed by atoms with Gasteiger partial charge in [-0.15, -0.1) is 0 Å². The number of aliphatic hydroxyl groups is 2. The highest BCUT2D eigenvalue weighted by atomic mass is 32.2. The summed E-state index contributed by atoms with van der Waals surface area (Å²) < 4.78 is 57.6. The number of ether oxygens (including phenoxy) is 5. The summed E-state index contributed by atoms with van der Waals surface area (Å²) in [5.41, 5.74) is 0.326.